The highest BCUT2D eigenvalue weighted by Gasteiger charge is 2.27. The lowest BCUT2D eigenvalue weighted by molar-refractivity contribution is 0.400. The first-order valence-electron chi connectivity index (χ1n) is 16.5. The molecule has 2 aliphatic rings. The molecule has 0 radical (unpaired) electrons. The largest absolute Gasteiger partial charge is 0.208 e. The number of aromatic nitrogens is 3. The standard InChI is InChI=1S/C43H41N3/c1-4-17-34(40-44-41(35-19-9-7-10-20-35)46-42(45-40)36-21-11-8-12-22-36)24-16-31-43(5-2,6-3)37-29-27-33(28-30-37)39-26-15-23-32-18-13-14-25-38(32)39/h1,7,9-11,13-14,16-22,24-30H,5-6,8,12,15,23,31H2,2-3H3/b24-16-,34-17+. The van der Waals surface area contributed by atoms with E-state index in [1.807, 2.05) is 30.3 Å². The Morgan fingerprint density at radius 1 is 0.804 bits per heavy atom. The van der Waals surface area contributed by atoms with Crippen molar-refractivity contribution >= 4 is 16.7 Å². The van der Waals surface area contributed by atoms with Gasteiger partial charge >= 0.3 is 0 Å². The summed E-state index contributed by atoms with van der Waals surface area (Å²) in [6.45, 7) is 4.58. The Morgan fingerprint density at radius 2 is 1.57 bits per heavy atom. The predicted octanol–water partition coefficient (Wildman–Crippen LogP) is 10.4. The second-order valence-corrected chi connectivity index (χ2v) is 12.1. The number of aryl methyl sites for hydroxylation is 1. The number of hydrogen-bond donors (Lipinski definition) is 0. The van der Waals surface area contributed by atoms with Crippen molar-refractivity contribution in [2.75, 3.05) is 0 Å². The molecule has 0 bridgehead atoms. The van der Waals surface area contributed by atoms with Crippen LogP contribution in [0.4, 0.5) is 0 Å². The molecule has 0 fully saturated rings. The van der Waals surface area contributed by atoms with Gasteiger partial charge in [0.05, 0.1) is 0 Å². The van der Waals surface area contributed by atoms with Gasteiger partial charge in [-0.1, -0.05) is 135 Å². The number of benzene rings is 3. The van der Waals surface area contributed by atoms with E-state index in [9.17, 15) is 0 Å². The van der Waals surface area contributed by atoms with Crippen LogP contribution in [0.25, 0.3) is 28.1 Å². The van der Waals surface area contributed by atoms with Crippen LogP contribution >= 0.6 is 0 Å². The number of terminal acetylenes is 1. The second-order valence-electron chi connectivity index (χ2n) is 12.1. The summed E-state index contributed by atoms with van der Waals surface area (Å²) in [4.78, 5) is 14.7. The van der Waals surface area contributed by atoms with Crippen LogP contribution in [0.5, 0.6) is 0 Å². The first-order valence-corrected chi connectivity index (χ1v) is 16.5. The van der Waals surface area contributed by atoms with Gasteiger partial charge in [-0.25, -0.2) is 15.0 Å². The first-order chi connectivity index (χ1) is 22.6. The molecule has 0 atom stereocenters. The van der Waals surface area contributed by atoms with Crippen molar-refractivity contribution in [3.8, 4) is 23.7 Å². The maximum absolute atomic E-state index is 5.84. The van der Waals surface area contributed by atoms with E-state index in [1.54, 1.807) is 6.08 Å². The molecule has 0 aliphatic heterocycles. The first kappa shape index (κ1) is 30.9. The van der Waals surface area contributed by atoms with Crippen molar-refractivity contribution in [1.82, 2.24) is 15.0 Å². The Kier molecular flexibility index (Phi) is 9.65. The highest BCUT2D eigenvalue weighted by atomic mass is 15.0. The van der Waals surface area contributed by atoms with Gasteiger partial charge in [0, 0.05) is 16.7 Å². The van der Waals surface area contributed by atoms with E-state index in [0.717, 1.165) is 61.7 Å². The van der Waals surface area contributed by atoms with Crippen LogP contribution in [0.1, 0.15) is 86.3 Å². The molecular formula is C43H41N3. The molecule has 6 rings (SSSR count). The lowest BCUT2D eigenvalue weighted by atomic mass is 9.72. The van der Waals surface area contributed by atoms with Gasteiger partial charge in [-0.2, -0.15) is 0 Å². The molecule has 4 aromatic rings. The topological polar surface area (TPSA) is 38.7 Å². The molecule has 0 unspecified atom stereocenters. The third-order valence-electron chi connectivity index (χ3n) is 9.46. The number of fused-ring (bicyclic) bond motifs is 1. The minimum Gasteiger partial charge on any atom is -0.208 e. The Morgan fingerprint density at radius 3 is 2.30 bits per heavy atom. The third-order valence-corrected chi connectivity index (χ3v) is 9.46. The zero-order valence-electron chi connectivity index (χ0n) is 26.9. The van der Waals surface area contributed by atoms with E-state index in [-0.39, 0.29) is 5.41 Å². The summed E-state index contributed by atoms with van der Waals surface area (Å²) in [5.74, 6) is 4.63. The molecule has 46 heavy (non-hydrogen) atoms. The van der Waals surface area contributed by atoms with E-state index in [0.29, 0.717) is 17.5 Å². The summed E-state index contributed by atoms with van der Waals surface area (Å²) in [6.07, 6.45) is 28.0. The summed E-state index contributed by atoms with van der Waals surface area (Å²) in [6, 6.07) is 28.2. The number of rotatable bonds is 10. The third kappa shape index (κ3) is 6.63. The lowest BCUT2D eigenvalue weighted by Crippen LogP contribution is -2.23. The smallest absolute Gasteiger partial charge is 0.164 e. The summed E-state index contributed by atoms with van der Waals surface area (Å²) in [5.41, 5.74) is 9.58. The summed E-state index contributed by atoms with van der Waals surface area (Å²) in [5, 5.41) is 0. The highest BCUT2D eigenvalue weighted by Crippen LogP contribution is 2.38. The zero-order chi connectivity index (χ0) is 31.8. The fourth-order valence-corrected chi connectivity index (χ4v) is 6.64. The van der Waals surface area contributed by atoms with E-state index in [4.69, 9.17) is 21.4 Å². The molecule has 228 valence electrons. The quantitative estimate of drug-likeness (QED) is 0.134. The fourth-order valence-electron chi connectivity index (χ4n) is 6.64. The molecule has 0 N–H and O–H groups in total. The van der Waals surface area contributed by atoms with E-state index < -0.39 is 0 Å². The summed E-state index contributed by atoms with van der Waals surface area (Å²) >= 11 is 0. The van der Waals surface area contributed by atoms with Gasteiger partial charge in [0.1, 0.15) is 0 Å². The Balaban J connectivity index is 1.29. The maximum atomic E-state index is 5.84. The molecule has 1 heterocycles. The van der Waals surface area contributed by atoms with Crippen LogP contribution in [0.3, 0.4) is 0 Å². The molecule has 1 aromatic heterocycles. The van der Waals surface area contributed by atoms with Crippen LogP contribution in [-0.4, -0.2) is 15.0 Å². The molecule has 0 amide bonds. The zero-order valence-corrected chi connectivity index (χ0v) is 26.9. The lowest BCUT2D eigenvalue weighted by Gasteiger charge is -2.32. The van der Waals surface area contributed by atoms with Gasteiger partial charge < -0.3 is 0 Å². The number of allylic oxidation sites excluding steroid dienone is 9. The van der Waals surface area contributed by atoms with Gasteiger partial charge in [-0.15, -0.1) is 6.42 Å². The molecule has 3 nitrogen and oxygen atoms in total. The van der Waals surface area contributed by atoms with Crippen molar-refractivity contribution in [1.29, 1.82) is 0 Å². The summed E-state index contributed by atoms with van der Waals surface area (Å²) < 4.78 is 0. The number of hydrogen-bond acceptors (Lipinski definition) is 3. The van der Waals surface area contributed by atoms with E-state index in [2.05, 4.69) is 105 Å². The Bertz CT molecular complexity index is 1870. The molecule has 3 heteroatoms. The van der Waals surface area contributed by atoms with Gasteiger partial charge in [-0.3, -0.25) is 0 Å². The van der Waals surface area contributed by atoms with Crippen molar-refractivity contribution < 1.29 is 0 Å². The number of nitrogens with zero attached hydrogens (tertiary/aromatic N) is 3. The molecule has 3 aromatic carbocycles. The van der Waals surface area contributed by atoms with Gasteiger partial charge in [0.15, 0.2) is 17.5 Å². The maximum Gasteiger partial charge on any atom is 0.164 e. The SMILES string of the molecule is C#C/C=C(\C=C/CC(CC)(CC)c1ccc(C2=CCCc3ccccc32)cc1)c1nc(C2=CCCC=C2)nc(-c2ccccc2)n1. The normalized spacial score (nSPS) is 14.8. The van der Waals surface area contributed by atoms with Crippen molar-refractivity contribution in [3.05, 3.63) is 155 Å². The van der Waals surface area contributed by atoms with Crippen LogP contribution in [0.2, 0.25) is 0 Å². The second kappa shape index (κ2) is 14.4. The van der Waals surface area contributed by atoms with Crippen molar-refractivity contribution in [2.45, 2.75) is 64.2 Å². The molecule has 0 saturated carbocycles. The summed E-state index contributed by atoms with van der Waals surface area (Å²) in [7, 11) is 0. The van der Waals surface area contributed by atoms with Crippen molar-refractivity contribution in [3.63, 3.8) is 0 Å². The van der Waals surface area contributed by atoms with Crippen LogP contribution < -0.4 is 0 Å². The van der Waals surface area contributed by atoms with Crippen LogP contribution in [0, 0.1) is 12.3 Å². The average Bonchev–Trinajstić information content (AvgIpc) is 3.13. The molecule has 0 spiro atoms. The van der Waals surface area contributed by atoms with Gasteiger partial charge in [0.2, 0.25) is 0 Å². The van der Waals surface area contributed by atoms with E-state index in [1.165, 1.54) is 27.8 Å². The average molecular weight is 600 g/mol. The Hall–Kier alpha value is -5.07. The van der Waals surface area contributed by atoms with Gasteiger partial charge in [-0.05, 0) is 84.3 Å². The fraction of sp³-hybridized carbons (Fsp3) is 0.233. The van der Waals surface area contributed by atoms with E-state index >= 15 is 0 Å². The minimum absolute atomic E-state index is 0.00625. The van der Waals surface area contributed by atoms with Gasteiger partial charge in [0.25, 0.3) is 0 Å². The molecule has 0 saturated heterocycles. The highest BCUT2D eigenvalue weighted by molar-refractivity contribution is 5.82. The van der Waals surface area contributed by atoms with Crippen LogP contribution in [0.15, 0.2) is 121 Å². The van der Waals surface area contributed by atoms with Crippen LogP contribution in [-0.2, 0) is 11.8 Å². The van der Waals surface area contributed by atoms with Crippen molar-refractivity contribution in [2.24, 2.45) is 0 Å². The molecule has 2 aliphatic carbocycles. The minimum atomic E-state index is 0.00625. The molecular weight excluding hydrogens is 558 g/mol. The predicted molar refractivity (Wildman–Crippen MR) is 193 cm³/mol. The monoisotopic (exact) mass is 599 g/mol. The Labute approximate surface area is 274 Å².